The number of rotatable bonds is 5. The molecule has 0 aliphatic heterocycles. The van der Waals surface area contributed by atoms with Crippen molar-refractivity contribution in [1.29, 1.82) is 0 Å². The van der Waals surface area contributed by atoms with Crippen LogP contribution in [0.1, 0.15) is 11.4 Å². The summed E-state index contributed by atoms with van der Waals surface area (Å²) in [5.41, 5.74) is 1.59. The highest BCUT2D eigenvalue weighted by molar-refractivity contribution is 5.91. The normalized spacial score (nSPS) is 11.1. The molecule has 0 bridgehead atoms. The molecule has 3 rings (SSSR count). The van der Waals surface area contributed by atoms with Crippen molar-refractivity contribution in [2.75, 3.05) is 5.32 Å². The molecule has 2 aromatic heterocycles. The Morgan fingerprint density at radius 1 is 1.16 bits per heavy atom. The van der Waals surface area contributed by atoms with Crippen LogP contribution in [0.25, 0.3) is 10.9 Å². The van der Waals surface area contributed by atoms with E-state index in [9.17, 15) is 17.6 Å². The van der Waals surface area contributed by atoms with E-state index in [4.69, 9.17) is 0 Å². The summed E-state index contributed by atoms with van der Waals surface area (Å²) in [6.07, 6.45) is 1.19. The number of benzene rings is 1. The molecule has 3 aromatic rings. The van der Waals surface area contributed by atoms with Crippen LogP contribution in [0, 0.1) is 18.6 Å². The average molecular weight is 351 g/mol. The first kappa shape index (κ1) is 16.9. The zero-order chi connectivity index (χ0) is 18.0. The Morgan fingerprint density at radius 3 is 2.64 bits per heavy atom. The number of anilines is 1. The summed E-state index contributed by atoms with van der Waals surface area (Å²) in [5.74, 6) is -2.01. The fraction of sp³-hybridized carbons (Fsp3) is 0.176. The lowest BCUT2D eigenvalue weighted by atomic mass is 10.1. The molecule has 0 aliphatic rings. The van der Waals surface area contributed by atoms with Crippen molar-refractivity contribution in [3.05, 3.63) is 59.6 Å². The Balaban J connectivity index is 1.82. The number of aryl methyl sites for hydroxylation is 1. The molecule has 0 saturated carbocycles. The van der Waals surface area contributed by atoms with E-state index in [0.717, 1.165) is 6.07 Å². The number of alkyl halides is 2. The third-order valence-corrected chi connectivity index (χ3v) is 3.48. The minimum absolute atomic E-state index is 0.0403. The van der Waals surface area contributed by atoms with Gasteiger partial charge in [-0.05, 0) is 37.3 Å². The Labute approximate surface area is 140 Å². The Bertz CT molecular complexity index is 901. The molecule has 0 aliphatic carbocycles. The quantitative estimate of drug-likeness (QED) is 0.691. The van der Waals surface area contributed by atoms with Gasteiger partial charge in [-0.1, -0.05) is 0 Å². The van der Waals surface area contributed by atoms with Gasteiger partial charge >= 0.3 is 6.61 Å². The van der Waals surface area contributed by atoms with E-state index in [-0.39, 0.29) is 17.8 Å². The van der Waals surface area contributed by atoms with Gasteiger partial charge < -0.3 is 10.1 Å². The van der Waals surface area contributed by atoms with Crippen molar-refractivity contribution < 1.29 is 22.3 Å². The minimum atomic E-state index is -2.91. The first-order valence-electron chi connectivity index (χ1n) is 7.33. The minimum Gasteiger partial charge on any atom is -0.433 e. The molecule has 4 nitrogen and oxygen atoms in total. The predicted octanol–water partition coefficient (Wildman–Crippen LogP) is 4.43. The van der Waals surface area contributed by atoms with Crippen LogP contribution in [0.3, 0.4) is 0 Å². The zero-order valence-electron chi connectivity index (χ0n) is 13.1. The van der Waals surface area contributed by atoms with Gasteiger partial charge in [0.15, 0.2) is 11.6 Å². The van der Waals surface area contributed by atoms with Gasteiger partial charge in [0, 0.05) is 16.8 Å². The van der Waals surface area contributed by atoms with Crippen LogP contribution in [0.4, 0.5) is 23.2 Å². The molecular weight excluding hydrogens is 338 g/mol. The number of nitrogens with zero attached hydrogens (tertiary/aromatic N) is 2. The third-order valence-electron chi connectivity index (χ3n) is 3.48. The van der Waals surface area contributed by atoms with Gasteiger partial charge in [0.25, 0.3) is 0 Å². The van der Waals surface area contributed by atoms with Crippen LogP contribution in [0.15, 0.2) is 36.5 Å². The molecule has 8 heteroatoms. The van der Waals surface area contributed by atoms with E-state index in [1.807, 2.05) is 0 Å². The molecule has 0 saturated heterocycles. The zero-order valence-corrected chi connectivity index (χ0v) is 13.1. The summed E-state index contributed by atoms with van der Waals surface area (Å²) in [6, 6.07) is 7.08. The Kier molecular flexibility index (Phi) is 4.69. The number of halogens is 4. The van der Waals surface area contributed by atoms with Gasteiger partial charge in [-0.2, -0.15) is 8.78 Å². The number of hydrogen-bond donors (Lipinski definition) is 1. The molecule has 0 atom stereocenters. The van der Waals surface area contributed by atoms with E-state index in [2.05, 4.69) is 20.0 Å². The predicted molar refractivity (Wildman–Crippen MR) is 84.6 cm³/mol. The van der Waals surface area contributed by atoms with E-state index in [1.165, 1.54) is 24.4 Å². The number of pyridine rings is 2. The number of ether oxygens (including phenoxy) is 1. The van der Waals surface area contributed by atoms with Crippen LogP contribution in [0.2, 0.25) is 0 Å². The number of nitrogens with one attached hydrogen (secondary N) is 1. The maximum absolute atomic E-state index is 13.9. The largest absolute Gasteiger partial charge is 0.433 e. The SMILES string of the molecule is Cc1cc(NCc2ccc(OC(F)F)cn2)c2ccc(F)c(F)c2n1. The molecule has 1 aromatic carbocycles. The molecule has 0 fully saturated rings. The van der Waals surface area contributed by atoms with Gasteiger partial charge in [0.2, 0.25) is 0 Å². The summed E-state index contributed by atoms with van der Waals surface area (Å²) < 4.78 is 55.7. The van der Waals surface area contributed by atoms with Crippen molar-refractivity contribution in [2.45, 2.75) is 20.1 Å². The maximum atomic E-state index is 13.9. The molecule has 130 valence electrons. The summed E-state index contributed by atoms with van der Waals surface area (Å²) in [4.78, 5) is 8.04. The van der Waals surface area contributed by atoms with Gasteiger partial charge in [-0.15, -0.1) is 0 Å². The van der Waals surface area contributed by atoms with Crippen LogP contribution >= 0.6 is 0 Å². The molecule has 0 spiro atoms. The lowest BCUT2D eigenvalue weighted by Crippen LogP contribution is -2.05. The number of aromatic nitrogens is 2. The molecule has 0 unspecified atom stereocenters. The third kappa shape index (κ3) is 3.78. The van der Waals surface area contributed by atoms with Crippen LogP contribution in [-0.2, 0) is 6.54 Å². The van der Waals surface area contributed by atoms with E-state index >= 15 is 0 Å². The second-order valence-electron chi connectivity index (χ2n) is 5.29. The maximum Gasteiger partial charge on any atom is 0.387 e. The van der Waals surface area contributed by atoms with Gasteiger partial charge in [0.1, 0.15) is 11.3 Å². The average Bonchev–Trinajstić information content (AvgIpc) is 2.57. The second-order valence-corrected chi connectivity index (χ2v) is 5.29. The smallest absolute Gasteiger partial charge is 0.387 e. The first-order valence-corrected chi connectivity index (χ1v) is 7.33. The number of hydrogen-bond acceptors (Lipinski definition) is 4. The monoisotopic (exact) mass is 351 g/mol. The van der Waals surface area contributed by atoms with Gasteiger partial charge in [0.05, 0.1) is 18.4 Å². The van der Waals surface area contributed by atoms with E-state index in [1.54, 1.807) is 13.0 Å². The van der Waals surface area contributed by atoms with Crippen LogP contribution in [0.5, 0.6) is 5.75 Å². The van der Waals surface area contributed by atoms with Crippen molar-refractivity contribution in [2.24, 2.45) is 0 Å². The van der Waals surface area contributed by atoms with Crippen molar-refractivity contribution in [3.8, 4) is 5.75 Å². The van der Waals surface area contributed by atoms with Crippen LogP contribution in [-0.4, -0.2) is 16.6 Å². The summed E-state index contributed by atoms with van der Waals surface area (Å²) in [6.45, 7) is -0.983. The summed E-state index contributed by atoms with van der Waals surface area (Å²) in [5, 5.41) is 3.50. The highest BCUT2D eigenvalue weighted by Crippen LogP contribution is 2.27. The fourth-order valence-electron chi connectivity index (χ4n) is 2.38. The van der Waals surface area contributed by atoms with Crippen molar-refractivity contribution >= 4 is 16.6 Å². The van der Waals surface area contributed by atoms with Crippen molar-refractivity contribution in [3.63, 3.8) is 0 Å². The Hall–Kier alpha value is -2.90. The first-order chi connectivity index (χ1) is 11.9. The van der Waals surface area contributed by atoms with Crippen LogP contribution < -0.4 is 10.1 Å². The van der Waals surface area contributed by atoms with E-state index in [0.29, 0.717) is 22.5 Å². The van der Waals surface area contributed by atoms with Gasteiger partial charge in [-0.3, -0.25) is 4.98 Å². The Morgan fingerprint density at radius 2 is 1.96 bits per heavy atom. The molecular formula is C17H13F4N3O. The molecule has 0 amide bonds. The van der Waals surface area contributed by atoms with Crippen molar-refractivity contribution in [1.82, 2.24) is 9.97 Å². The summed E-state index contributed by atoms with van der Waals surface area (Å²) in [7, 11) is 0. The molecule has 2 heterocycles. The topological polar surface area (TPSA) is 47.0 Å². The second kappa shape index (κ2) is 6.92. The lowest BCUT2D eigenvalue weighted by Gasteiger charge is -2.11. The molecule has 1 N–H and O–H groups in total. The molecule has 0 radical (unpaired) electrons. The highest BCUT2D eigenvalue weighted by Gasteiger charge is 2.12. The highest BCUT2D eigenvalue weighted by atomic mass is 19.3. The fourth-order valence-corrected chi connectivity index (χ4v) is 2.38. The summed E-state index contributed by atoms with van der Waals surface area (Å²) >= 11 is 0. The molecule has 25 heavy (non-hydrogen) atoms. The lowest BCUT2D eigenvalue weighted by molar-refractivity contribution is -0.0500. The van der Waals surface area contributed by atoms with E-state index < -0.39 is 18.2 Å². The standard InChI is InChI=1S/C17H13F4N3O/c1-9-6-14(12-4-5-13(18)15(19)16(12)24-9)23-7-10-2-3-11(8-22-10)25-17(20)21/h2-6,8,17H,7H2,1H3,(H,23,24). The van der Waals surface area contributed by atoms with Gasteiger partial charge in [-0.25, -0.2) is 13.8 Å². The number of fused-ring (bicyclic) bond motifs is 1.